The summed E-state index contributed by atoms with van der Waals surface area (Å²) in [4.78, 5) is 21.9. The van der Waals surface area contributed by atoms with E-state index >= 15 is 0 Å². The summed E-state index contributed by atoms with van der Waals surface area (Å²) in [6, 6.07) is -0.486. The molecule has 2 heterocycles. The number of aliphatic hydroxyl groups excluding tert-OH is 1. The van der Waals surface area contributed by atoms with E-state index in [1.807, 2.05) is 6.92 Å². The van der Waals surface area contributed by atoms with Crippen LogP contribution in [0.4, 0.5) is 5.82 Å². The van der Waals surface area contributed by atoms with E-state index in [0.29, 0.717) is 31.1 Å². The van der Waals surface area contributed by atoms with E-state index in [2.05, 4.69) is 15.3 Å². The molecule has 110 valence electrons. The minimum absolute atomic E-state index is 0.133. The van der Waals surface area contributed by atoms with E-state index < -0.39 is 6.04 Å². The number of nitrogens with one attached hydrogen (secondary N) is 1. The van der Waals surface area contributed by atoms with Crippen LogP contribution in [0.25, 0.3) is 0 Å². The van der Waals surface area contributed by atoms with Gasteiger partial charge >= 0.3 is 0 Å². The Labute approximate surface area is 121 Å². The Morgan fingerprint density at radius 2 is 2.45 bits per heavy atom. The quantitative estimate of drug-likeness (QED) is 0.759. The van der Waals surface area contributed by atoms with Gasteiger partial charge in [-0.1, -0.05) is 11.6 Å². The smallest absolute Gasteiger partial charge is 0.245 e. The maximum absolute atomic E-state index is 12.1. The monoisotopic (exact) mass is 300 g/mol. The molecule has 1 amide bonds. The van der Waals surface area contributed by atoms with Crippen LogP contribution in [0.2, 0.25) is 5.15 Å². The second-order valence-electron chi connectivity index (χ2n) is 4.30. The lowest BCUT2D eigenvalue weighted by Gasteiger charge is -2.36. The number of amides is 1. The lowest BCUT2D eigenvalue weighted by Crippen LogP contribution is -2.54. The average Bonchev–Trinajstić information content (AvgIpc) is 2.47. The van der Waals surface area contributed by atoms with Crippen LogP contribution in [-0.2, 0) is 16.1 Å². The van der Waals surface area contributed by atoms with E-state index in [-0.39, 0.29) is 24.3 Å². The van der Waals surface area contributed by atoms with Crippen LogP contribution >= 0.6 is 11.6 Å². The van der Waals surface area contributed by atoms with Crippen LogP contribution in [0.5, 0.6) is 0 Å². The lowest BCUT2D eigenvalue weighted by atomic mass is 10.2. The molecule has 0 aliphatic carbocycles. The van der Waals surface area contributed by atoms with Crippen molar-refractivity contribution in [1.29, 1.82) is 0 Å². The van der Waals surface area contributed by atoms with Crippen LogP contribution < -0.4 is 10.2 Å². The molecule has 0 spiro atoms. The molecule has 2 rings (SSSR count). The molecule has 2 N–H and O–H groups in total. The average molecular weight is 301 g/mol. The first-order chi connectivity index (χ1) is 9.69. The number of morpholine rings is 1. The van der Waals surface area contributed by atoms with Crippen LogP contribution in [0.15, 0.2) is 6.33 Å². The van der Waals surface area contributed by atoms with Crippen LogP contribution in [0.3, 0.4) is 0 Å². The molecule has 20 heavy (non-hydrogen) atoms. The van der Waals surface area contributed by atoms with Gasteiger partial charge in [-0.3, -0.25) is 4.79 Å². The molecule has 0 bridgehead atoms. The number of rotatable bonds is 4. The number of carbonyl (C=O) groups excluding carboxylic acids is 1. The number of ether oxygens (including phenoxy) is 1. The Kier molecular flexibility index (Phi) is 5.11. The Hall–Kier alpha value is -1.44. The number of likely N-dealkylation sites (N-methyl/N-ethyl adjacent to an activating group) is 1. The standard InChI is InChI=1S/C12H17ClN4O3/c1-2-14-12(19)9-6-20-4-3-17(9)11-8(5-18)10(13)15-7-16-11/h7,9,18H,2-6H2,1H3,(H,14,19). The highest BCUT2D eigenvalue weighted by Crippen LogP contribution is 2.26. The molecular weight excluding hydrogens is 284 g/mol. The molecule has 0 aromatic carbocycles. The van der Waals surface area contributed by atoms with E-state index in [0.717, 1.165) is 0 Å². The summed E-state index contributed by atoms with van der Waals surface area (Å²) in [6.45, 7) is 3.38. The van der Waals surface area contributed by atoms with Crippen LogP contribution in [0, 0.1) is 0 Å². The van der Waals surface area contributed by atoms with Crippen molar-refractivity contribution < 1.29 is 14.6 Å². The molecular formula is C12H17ClN4O3. The van der Waals surface area contributed by atoms with Gasteiger partial charge in [0.1, 0.15) is 23.3 Å². The summed E-state index contributed by atoms with van der Waals surface area (Å²) in [5.74, 6) is 0.345. The fourth-order valence-corrected chi connectivity index (χ4v) is 2.32. The van der Waals surface area contributed by atoms with Gasteiger partial charge in [-0.05, 0) is 6.92 Å². The van der Waals surface area contributed by atoms with E-state index in [4.69, 9.17) is 16.3 Å². The second kappa shape index (κ2) is 6.83. The minimum atomic E-state index is -0.486. The van der Waals surface area contributed by atoms with E-state index in [9.17, 15) is 9.90 Å². The number of hydrogen-bond acceptors (Lipinski definition) is 6. The summed E-state index contributed by atoms with van der Waals surface area (Å²) in [5.41, 5.74) is 0.422. The zero-order valence-corrected chi connectivity index (χ0v) is 11.9. The van der Waals surface area contributed by atoms with E-state index in [1.165, 1.54) is 6.33 Å². The molecule has 1 aromatic rings. The maximum Gasteiger partial charge on any atom is 0.245 e. The fourth-order valence-electron chi connectivity index (χ4n) is 2.13. The number of anilines is 1. The van der Waals surface area contributed by atoms with Gasteiger partial charge in [-0.15, -0.1) is 0 Å². The third kappa shape index (κ3) is 3.00. The molecule has 7 nitrogen and oxygen atoms in total. The number of halogens is 1. The fraction of sp³-hybridized carbons (Fsp3) is 0.583. The Morgan fingerprint density at radius 1 is 1.65 bits per heavy atom. The molecule has 1 saturated heterocycles. The number of aromatic nitrogens is 2. The van der Waals surface area contributed by atoms with Gasteiger partial charge in [0, 0.05) is 13.1 Å². The molecule has 0 saturated carbocycles. The molecule has 0 radical (unpaired) electrons. The van der Waals surface area contributed by atoms with Crippen molar-refractivity contribution in [3.8, 4) is 0 Å². The molecule has 1 aliphatic rings. The van der Waals surface area contributed by atoms with Gasteiger partial charge < -0.3 is 20.1 Å². The van der Waals surface area contributed by atoms with Gasteiger partial charge in [0.25, 0.3) is 0 Å². The third-order valence-corrected chi connectivity index (χ3v) is 3.41. The van der Waals surface area contributed by atoms with Crippen molar-refractivity contribution >= 4 is 23.3 Å². The summed E-state index contributed by atoms with van der Waals surface area (Å²) < 4.78 is 5.36. The number of carbonyl (C=O) groups is 1. The SMILES string of the molecule is CCNC(=O)C1COCCN1c1ncnc(Cl)c1CO. The number of hydrogen-bond donors (Lipinski definition) is 2. The van der Waals surface area contributed by atoms with Crippen molar-refractivity contribution in [3.63, 3.8) is 0 Å². The maximum atomic E-state index is 12.1. The zero-order chi connectivity index (χ0) is 14.5. The second-order valence-corrected chi connectivity index (χ2v) is 4.66. The van der Waals surface area contributed by atoms with Gasteiger partial charge in [-0.2, -0.15) is 0 Å². The largest absolute Gasteiger partial charge is 0.391 e. The normalized spacial score (nSPS) is 18.9. The highest BCUT2D eigenvalue weighted by Gasteiger charge is 2.31. The van der Waals surface area contributed by atoms with Crippen molar-refractivity contribution in [1.82, 2.24) is 15.3 Å². The third-order valence-electron chi connectivity index (χ3n) is 3.08. The first-order valence-electron chi connectivity index (χ1n) is 6.41. The van der Waals surface area contributed by atoms with Crippen molar-refractivity contribution in [2.75, 3.05) is 31.2 Å². The van der Waals surface area contributed by atoms with E-state index in [1.54, 1.807) is 4.90 Å². The highest BCUT2D eigenvalue weighted by atomic mass is 35.5. The van der Waals surface area contributed by atoms with Crippen LogP contribution in [-0.4, -0.2) is 53.3 Å². The van der Waals surface area contributed by atoms with Crippen molar-refractivity contribution in [2.24, 2.45) is 0 Å². The Balaban J connectivity index is 2.32. The van der Waals surface area contributed by atoms with Crippen molar-refractivity contribution in [2.45, 2.75) is 19.6 Å². The van der Waals surface area contributed by atoms with Gasteiger partial charge in [-0.25, -0.2) is 9.97 Å². The van der Waals surface area contributed by atoms with Gasteiger partial charge in [0.2, 0.25) is 5.91 Å². The van der Waals surface area contributed by atoms with Gasteiger partial charge in [0.15, 0.2) is 0 Å². The summed E-state index contributed by atoms with van der Waals surface area (Å²) in [5, 5.41) is 12.4. The summed E-state index contributed by atoms with van der Waals surface area (Å²) >= 11 is 5.97. The molecule has 1 aromatic heterocycles. The molecule has 1 aliphatic heterocycles. The lowest BCUT2D eigenvalue weighted by molar-refractivity contribution is -0.124. The molecule has 1 atom stereocenters. The first kappa shape index (κ1) is 15.0. The number of nitrogens with zero attached hydrogens (tertiary/aromatic N) is 3. The minimum Gasteiger partial charge on any atom is -0.391 e. The summed E-state index contributed by atoms with van der Waals surface area (Å²) in [7, 11) is 0. The number of aliphatic hydroxyl groups is 1. The zero-order valence-electron chi connectivity index (χ0n) is 11.2. The predicted octanol–water partition coefficient (Wildman–Crippen LogP) is -0.0364. The Morgan fingerprint density at radius 3 is 3.15 bits per heavy atom. The first-order valence-corrected chi connectivity index (χ1v) is 6.79. The molecule has 1 fully saturated rings. The Bertz CT molecular complexity index is 486. The molecule has 8 heteroatoms. The van der Waals surface area contributed by atoms with Crippen molar-refractivity contribution in [3.05, 3.63) is 17.0 Å². The van der Waals surface area contributed by atoms with Crippen LogP contribution in [0.1, 0.15) is 12.5 Å². The topological polar surface area (TPSA) is 87.6 Å². The molecule has 1 unspecified atom stereocenters. The summed E-state index contributed by atoms with van der Waals surface area (Å²) in [6.07, 6.45) is 1.32. The predicted molar refractivity (Wildman–Crippen MR) is 73.6 cm³/mol. The highest BCUT2D eigenvalue weighted by molar-refractivity contribution is 6.30. The van der Waals surface area contributed by atoms with Gasteiger partial charge in [0.05, 0.1) is 25.4 Å².